The van der Waals surface area contributed by atoms with E-state index in [0.717, 1.165) is 29.7 Å². The third kappa shape index (κ3) is 3.97. The average molecular weight is 313 g/mol. The Bertz CT molecular complexity index is 378. The Morgan fingerprint density at radius 3 is 3.11 bits per heavy atom. The third-order valence-electron chi connectivity index (χ3n) is 3.37. The van der Waals surface area contributed by atoms with Crippen molar-refractivity contribution >= 4 is 15.9 Å². The lowest BCUT2D eigenvalue weighted by molar-refractivity contribution is 0.408. The maximum absolute atomic E-state index is 5.37. The molecule has 4 heteroatoms. The van der Waals surface area contributed by atoms with Crippen LogP contribution in [0.15, 0.2) is 22.7 Å². The molecule has 1 aliphatic heterocycles. The number of rotatable bonds is 6. The van der Waals surface area contributed by atoms with Crippen molar-refractivity contribution in [3.63, 3.8) is 0 Å². The number of hydrogen-bond donors (Lipinski definition) is 2. The average Bonchev–Trinajstić information content (AvgIpc) is 2.88. The minimum absolute atomic E-state index is 0.661. The summed E-state index contributed by atoms with van der Waals surface area (Å²) in [5.74, 6) is 0.971. The van der Waals surface area contributed by atoms with Gasteiger partial charge in [-0.05, 0) is 56.1 Å². The maximum Gasteiger partial charge on any atom is 0.122 e. The highest BCUT2D eigenvalue weighted by atomic mass is 79.9. The van der Waals surface area contributed by atoms with Crippen molar-refractivity contribution in [3.8, 4) is 5.75 Å². The van der Waals surface area contributed by atoms with Crippen molar-refractivity contribution in [2.24, 2.45) is 0 Å². The van der Waals surface area contributed by atoms with Gasteiger partial charge in [0.05, 0.1) is 7.11 Å². The molecule has 2 N–H and O–H groups in total. The maximum atomic E-state index is 5.37. The van der Waals surface area contributed by atoms with Gasteiger partial charge in [0.2, 0.25) is 0 Å². The molecule has 3 nitrogen and oxygen atoms in total. The van der Waals surface area contributed by atoms with Gasteiger partial charge in [-0.25, -0.2) is 0 Å². The van der Waals surface area contributed by atoms with Gasteiger partial charge in [-0.1, -0.05) is 15.9 Å². The molecule has 0 saturated carbocycles. The molecule has 100 valence electrons. The van der Waals surface area contributed by atoms with Gasteiger partial charge in [-0.3, -0.25) is 0 Å². The fraction of sp³-hybridized carbons (Fsp3) is 0.571. The van der Waals surface area contributed by atoms with Crippen LogP contribution in [0.25, 0.3) is 0 Å². The summed E-state index contributed by atoms with van der Waals surface area (Å²) in [6, 6.07) is 6.82. The summed E-state index contributed by atoms with van der Waals surface area (Å²) < 4.78 is 6.48. The molecule has 0 radical (unpaired) electrons. The monoisotopic (exact) mass is 312 g/mol. The molecule has 0 amide bonds. The minimum Gasteiger partial charge on any atom is -0.496 e. The van der Waals surface area contributed by atoms with Crippen molar-refractivity contribution in [1.29, 1.82) is 0 Å². The van der Waals surface area contributed by atoms with Crippen molar-refractivity contribution in [1.82, 2.24) is 10.6 Å². The number of nitrogens with one attached hydrogen (secondary N) is 2. The van der Waals surface area contributed by atoms with Gasteiger partial charge in [0.15, 0.2) is 0 Å². The smallest absolute Gasteiger partial charge is 0.122 e. The highest BCUT2D eigenvalue weighted by Crippen LogP contribution is 2.23. The van der Waals surface area contributed by atoms with Crippen LogP contribution in [0.1, 0.15) is 18.4 Å². The molecule has 0 spiro atoms. The quantitative estimate of drug-likeness (QED) is 0.791. The molecule has 0 aliphatic carbocycles. The molecule has 0 bridgehead atoms. The molecule has 1 fully saturated rings. The fourth-order valence-corrected chi connectivity index (χ4v) is 2.78. The van der Waals surface area contributed by atoms with Gasteiger partial charge in [-0.15, -0.1) is 0 Å². The summed E-state index contributed by atoms with van der Waals surface area (Å²) >= 11 is 3.50. The van der Waals surface area contributed by atoms with Crippen LogP contribution in [0.2, 0.25) is 0 Å². The second-order valence-corrected chi connectivity index (χ2v) is 5.62. The Morgan fingerprint density at radius 2 is 2.39 bits per heavy atom. The summed E-state index contributed by atoms with van der Waals surface area (Å²) in [6.45, 7) is 3.23. The lowest BCUT2D eigenvalue weighted by Gasteiger charge is -2.13. The lowest BCUT2D eigenvalue weighted by atomic mass is 10.1. The normalized spacial score (nSPS) is 19.1. The van der Waals surface area contributed by atoms with Crippen LogP contribution in [0, 0.1) is 0 Å². The summed E-state index contributed by atoms with van der Waals surface area (Å²) in [4.78, 5) is 0. The van der Waals surface area contributed by atoms with E-state index in [1.807, 2.05) is 12.1 Å². The predicted octanol–water partition coefficient (Wildman–Crippen LogP) is 2.34. The SMILES string of the molecule is COc1ccc(Br)cc1CCNCC1CCCN1. The van der Waals surface area contributed by atoms with Crippen LogP contribution < -0.4 is 15.4 Å². The van der Waals surface area contributed by atoms with E-state index in [4.69, 9.17) is 4.74 Å². The molecule has 1 unspecified atom stereocenters. The standard InChI is InChI=1S/C14H21BrN2O/c1-18-14-5-4-12(15)9-11(14)6-8-16-10-13-3-2-7-17-13/h4-5,9,13,16-17H,2-3,6-8,10H2,1H3. The second kappa shape index (κ2) is 7.12. The first-order valence-corrected chi connectivity index (χ1v) is 7.35. The lowest BCUT2D eigenvalue weighted by Crippen LogP contribution is -2.34. The van der Waals surface area contributed by atoms with E-state index < -0.39 is 0 Å². The van der Waals surface area contributed by atoms with Crippen LogP contribution in [-0.2, 0) is 6.42 Å². The van der Waals surface area contributed by atoms with Crippen LogP contribution >= 0.6 is 15.9 Å². The first kappa shape index (κ1) is 13.8. The van der Waals surface area contributed by atoms with Gasteiger partial charge in [0.25, 0.3) is 0 Å². The molecule has 18 heavy (non-hydrogen) atoms. The van der Waals surface area contributed by atoms with E-state index >= 15 is 0 Å². The zero-order valence-corrected chi connectivity index (χ0v) is 12.4. The number of methoxy groups -OCH3 is 1. The van der Waals surface area contributed by atoms with Gasteiger partial charge < -0.3 is 15.4 Å². The Kier molecular flexibility index (Phi) is 5.47. The summed E-state index contributed by atoms with van der Waals surface area (Å²) in [6.07, 6.45) is 3.61. The van der Waals surface area contributed by atoms with Crippen LogP contribution in [0.3, 0.4) is 0 Å². The molecule has 1 saturated heterocycles. The van der Waals surface area contributed by atoms with Gasteiger partial charge in [0, 0.05) is 17.1 Å². The molecule has 1 aromatic rings. The topological polar surface area (TPSA) is 33.3 Å². The van der Waals surface area contributed by atoms with E-state index in [2.05, 4.69) is 32.6 Å². The Labute approximate surface area is 117 Å². The zero-order chi connectivity index (χ0) is 12.8. The summed E-state index contributed by atoms with van der Waals surface area (Å²) in [5, 5.41) is 7.01. The molecule has 0 aromatic heterocycles. The molecule has 1 heterocycles. The third-order valence-corrected chi connectivity index (χ3v) is 3.86. The van der Waals surface area contributed by atoms with E-state index in [9.17, 15) is 0 Å². The zero-order valence-electron chi connectivity index (χ0n) is 10.8. The van der Waals surface area contributed by atoms with Crippen LogP contribution in [-0.4, -0.2) is 32.8 Å². The number of ether oxygens (including phenoxy) is 1. The second-order valence-electron chi connectivity index (χ2n) is 4.70. The Balaban J connectivity index is 1.76. The van der Waals surface area contributed by atoms with Gasteiger partial charge >= 0.3 is 0 Å². The molecular formula is C14H21BrN2O. The highest BCUT2D eigenvalue weighted by Gasteiger charge is 2.12. The fourth-order valence-electron chi connectivity index (χ4n) is 2.37. The van der Waals surface area contributed by atoms with E-state index in [1.54, 1.807) is 7.11 Å². The summed E-state index contributed by atoms with van der Waals surface area (Å²) in [7, 11) is 1.72. The van der Waals surface area contributed by atoms with Crippen molar-refractivity contribution in [2.45, 2.75) is 25.3 Å². The molecule has 1 aliphatic rings. The van der Waals surface area contributed by atoms with Crippen molar-refractivity contribution in [3.05, 3.63) is 28.2 Å². The summed E-state index contributed by atoms with van der Waals surface area (Å²) in [5.41, 5.74) is 1.25. The Hall–Kier alpha value is -0.580. The van der Waals surface area contributed by atoms with E-state index in [0.29, 0.717) is 6.04 Å². The van der Waals surface area contributed by atoms with E-state index in [1.165, 1.54) is 24.9 Å². The molecule has 1 aromatic carbocycles. The number of halogens is 1. The number of hydrogen-bond acceptors (Lipinski definition) is 3. The molecule has 2 rings (SSSR count). The van der Waals surface area contributed by atoms with Crippen LogP contribution in [0.5, 0.6) is 5.75 Å². The largest absolute Gasteiger partial charge is 0.496 e. The Morgan fingerprint density at radius 1 is 1.50 bits per heavy atom. The van der Waals surface area contributed by atoms with Gasteiger partial charge in [-0.2, -0.15) is 0 Å². The van der Waals surface area contributed by atoms with Crippen LogP contribution in [0.4, 0.5) is 0 Å². The first-order chi connectivity index (χ1) is 8.79. The van der Waals surface area contributed by atoms with Crippen molar-refractivity contribution in [2.75, 3.05) is 26.7 Å². The minimum atomic E-state index is 0.661. The number of benzene rings is 1. The first-order valence-electron chi connectivity index (χ1n) is 6.56. The van der Waals surface area contributed by atoms with E-state index in [-0.39, 0.29) is 0 Å². The van der Waals surface area contributed by atoms with Crippen molar-refractivity contribution < 1.29 is 4.74 Å². The highest BCUT2D eigenvalue weighted by molar-refractivity contribution is 9.10. The van der Waals surface area contributed by atoms with Gasteiger partial charge in [0.1, 0.15) is 5.75 Å². The molecular weight excluding hydrogens is 292 g/mol. The molecule has 1 atom stereocenters. The predicted molar refractivity (Wildman–Crippen MR) is 78.3 cm³/mol.